The van der Waals surface area contributed by atoms with E-state index in [0.29, 0.717) is 12.5 Å². The molecule has 1 fully saturated rings. The summed E-state index contributed by atoms with van der Waals surface area (Å²) in [6.07, 6.45) is 9.60. The van der Waals surface area contributed by atoms with Gasteiger partial charge in [0.05, 0.1) is 0 Å². The number of nitrogens with zero attached hydrogens (tertiary/aromatic N) is 1. The minimum atomic E-state index is 0.0235. The first-order valence-electron chi connectivity index (χ1n) is 8.46. The summed E-state index contributed by atoms with van der Waals surface area (Å²) in [7, 11) is 0. The molecule has 2 N–H and O–H groups in total. The molecule has 118 valence electrons. The number of hydrogen-bond acceptors (Lipinski definition) is 2. The highest BCUT2D eigenvalue weighted by Gasteiger charge is 2.24. The zero-order valence-corrected chi connectivity index (χ0v) is 13.8. The molecule has 0 saturated heterocycles. The van der Waals surface area contributed by atoms with Crippen molar-refractivity contribution in [3.63, 3.8) is 0 Å². The second-order valence-electron chi connectivity index (χ2n) is 7.23. The van der Waals surface area contributed by atoms with E-state index in [1.807, 2.05) is 4.90 Å². The Balaban J connectivity index is 2.42. The summed E-state index contributed by atoms with van der Waals surface area (Å²) in [4.78, 5) is 14.5. The third-order valence-corrected chi connectivity index (χ3v) is 4.51. The Hall–Kier alpha value is -0.570. The van der Waals surface area contributed by atoms with Gasteiger partial charge in [-0.3, -0.25) is 4.79 Å². The summed E-state index contributed by atoms with van der Waals surface area (Å²) in [6, 6.07) is 0. The molecule has 0 aliphatic heterocycles. The van der Waals surface area contributed by atoms with Crippen LogP contribution >= 0.6 is 0 Å². The van der Waals surface area contributed by atoms with Crippen molar-refractivity contribution in [2.45, 2.75) is 72.1 Å². The van der Waals surface area contributed by atoms with Gasteiger partial charge in [0.25, 0.3) is 0 Å². The largest absolute Gasteiger partial charge is 0.342 e. The van der Waals surface area contributed by atoms with Crippen LogP contribution in [-0.4, -0.2) is 30.4 Å². The second-order valence-corrected chi connectivity index (χ2v) is 7.23. The number of carbonyl (C=O) groups excluding carboxylic acids is 1. The highest BCUT2D eigenvalue weighted by molar-refractivity contribution is 5.76. The third kappa shape index (κ3) is 6.25. The first-order chi connectivity index (χ1) is 9.48. The molecule has 0 aromatic rings. The quantitative estimate of drug-likeness (QED) is 0.740. The van der Waals surface area contributed by atoms with Gasteiger partial charge >= 0.3 is 0 Å². The topological polar surface area (TPSA) is 46.3 Å². The molecule has 0 unspecified atom stereocenters. The fraction of sp³-hybridized carbons (Fsp3) is 0.941. The molecule has 1 saturated carbocycles. The van der Waals surface area contributed by atoms with Crippen LogP contribution in [0.2, 0.25) is 0 Å². The maximum absolute atomic E-state index is 12.5. The van der Waals surface area contributed by atoms with Gasteiger partial charge in [0, 0.05) is 19.5 Å². The zero-order valence-electron chi connectivity index (χ0n) is 13.8. The van der Waals surface area contributed by atoms with E-state index in [0.717, 1.165) is 38.3 Å². The molecular weight excluding hydrogens is 248 g/mol. The van der Waals surface area contributed by atoms with Gasteiger partial charge in [-0.2, -0.15) is 0 Å². The fourth-order valence-electron chi connectivity index (χ4n) is 3.10. The Labute approximate surface area is 125 Å². The Morgan fingerprint density at radius 3 is 2.45 bits per heavy atom. The van der Waals surface area contributed by atoms with Crippen molar-refractivity contribution in [1.29, 1.82) is 0 Å². The molecule has 0 aromatic heterocycles. The molecule has 1 aliphatic rings. The van der Waals surface area contributed by atoms with E-state index in [1.165, 1.54) is 32.1 Å². The van der Waals surface area contributed by atoms with Crippen LogP contribution in [0, 0.1) is 11.3 Å². The van der Waals surface area contributed by atoms with E-state index in [1.54, 1.807) is 0 Å². The van der Waals surface area contributed by atoms with Gasteiger partial charge in [-0.1, -0.05) is 52.9 Å². The van der Waals surface area contributed by atoms with Crippen LogP contribution in [0.4, 0.5) is 0 Å². The van der Waals surface area contributed by atoms with Crippen molar-refractivity contribution >= 4 is 5.91 Å². The van der Waals surface area contributed by atoms with Crippen molar-refractivity contribution in [2.75, 3.05) is 19.6 Å². The van der Waals surface area contributed by atoms with Crippen LogP contribution in [0.15, 0.2) is 0 Å². The number of hydrogen-bond donors (Lipinski definition) is 1. The standard InChI is InChI=1S/C17H34N2O/c1-4-12-19(14-17(2,3)13-18)16(20)11-10-15-8-6-5-7-9-15/h15H,4-14,18H2,1-3H3. The van der Waals surface area contributed by atoms with E-state index >= 15 is 0 Å². The summed E-state index contributed by atoms with van der Waals surface area (Å²) in [5.41, 5.74) is 5.83. The number of nitrogens with two attached hydrogens (primary N) is 1. The van der Waals surface area contributed by atoms with Crippen LogP contribution in [0.25, 0.3) is 0 Å². The second kappa shape index (κ2) is 8.66. The monoisotopic (exact) mass is 282 g/mol. The molecule has 0 radical (unpaired) electrons. The van der Waals surface area contributed by atoms with Gasteiger partial charge in [0.2, 0.25) is 5.91 Å². The molecule has 20 heavy (non-hydrogen) atoms. The number of rotatable bonds is 8. The minimum absolute atomic E-state index is 0.0235. The maximum atomic E-state index is 12.5. The van der Waals surface area contributed by atoms with Crippen LogP contribution in [-0.2, 0) is 4.79 Å². The summed E-state index contributed by atoms with van der Waals surface area (Å²) in [5.74, 6) is 1.12. The molecule has 1 amide bonds. The highest BCUT2D eigenvalue weighted by Crippen LogP contribution is 2.27. The molecule has 1 aliphatic carbocycles. The first kappa shape index (κ1) is 17.5. The van der Waals surface area contributed by atoms with Crippen molar-refractivity contribution in [2.24, 2.45) is 17.1 Å². The van der Waals surface area contributed by atoms with Crippen molar-refractivity contribution < 1.29 is 4.79 Å². The summed E-state index contributed by atoms with van der Waals surface area (Å²) < 4.78 is 0. The average Bonchev–Trinajstić information content (AvgIpc) is 2.45. The van der Waals surface area contributed by atoms with Crippen LogP contribution in [0.5, 0.6) is 0 Å². The number of carbonyl (C=O) groups is 1. The summed E-state index contributed by atoms with van der Waals surface area (Å²) in [6.45, 7) is 8.71. The Morgan fingerprint density at radius 1 is 1.25 bits per heavy atom. The predicted octanol–water partition coefficient (Wildman–Crippen LogP) is 3.57. The van der Waals surface area contributed by atoms with Crippen molar-refractivity contribution in [1.82, 2.24) is 4.90 Å². The van der Waals surface area contributed by atoms with E-state index in [-0.39, 0.29) is 5.41 Å². The van der Waals surface area contributed by atoms with E-state index in [4.69, 9.17) is 5.73 Å². The Kier molecular flexibility index (Phi) is 7.57. The molecule has 3 heteroatoms. The smallest absolute Gasteiger partial charge is 0.222 e. The van der Waals surface area contributed by atoms with Gasteiger partial charge in [-0.05, 0) is 30.7 Å². The van der Waals surface area contributed by atoms with E-state index in [2.05, 4.69) is 20.8 Å². The Morgan fingerprint density at radius 2 is 1.90 bits per heavy atom. The molecule has 0 aromatic carbocycles. The number of amides is 1. The normalized spacial score (nSPS) is 17.2. The highest BCUT2D eigenvalue weighted by atomic mass is 16.2. The average molecular weight is 282 g/mol. The molecule has 0 atom stereocenters. The molecule has 0 spiro atoms. The molecule has 1 rings (SSSR count). The molecule has 0 heterocycles. The van der Waals surface area contributed by atoms with E-state index in [9.17, 15) is 4.79 Å². The van der Waals surface area contributed by atoms with Crippen molar-refractivity contribution in [3.05, 3.63) is 0 Å². The van der Waals surface area contributed by atoms with E-state index < -0.39 is 0 Å². The summed E-state index contributed by atoms with van der Waals surface area (Å²) in [5, 5.41) is 0. The molecule has 3 nitrogen and oxygen atoms in total. The molecular formula is C17H34N2O. The SMILES string of the molecule is CCCN(CC(C)(C)CN)C(=O)CCC1CCCCC1. The lowest BCUT2D eigenvalue weighted by atomic mass is 9.86. The van der Waals surface area contributed by atoms with Crippen molar-refractivity contribution in [3.8, 4) is 0 Å². The van der Waals surface area contributed by atoms with Gasteiger partial charge in [-0.15, -0.1) is 0 Å². The minimum Gasteiger partial charge on any atom is -0.342 e. The van der Waals surface area contributed by atoms with Gasteiger partial charge in [0.1, 0.15) is 0 Å². The van der Waals surface area contributed by atoms with Crippen LogP contribution < -0.4 is 5.73 Å². The van der Waals surface area contributed by atoms with Gasteiger partial charge in [-0.25, -0.2) is 0 Å². The van der Waals surface area contributed by atoms with Gasteiger partial charge in [0.15, 0.2) is 0 Å². The van der Waals surface area contributed by atoms with Crippen LogP contribution in [0.3, 0.4) is 0 Å². The fourth-order valence-corrected chi connectivity index (χ4v) is 3.10. The maximum Gasteiger partial charge on any atom is 0.222 e. The van der Waals surface area contributed by atoms with Gasteiger partial charge < -0.3 is 10.6 Å². The lowest BCUT2D eigenvalue weighted by Gasteiger charge is -2.32. The third-order valence-electron chi connectivity index (χ3n) is 4.51. The van der Waals surface area contributed by atoms with Crippen LogP contribution in [0.1, 0.15) is 72.1 Å². The summed E-state index contributed by atoms with van der Waals surface area (Å²) >= 11 is 0. The zero-order chi connectivity index (χ0) is 15.0. The molecule has 0 bridgehead atoms. The lowest BCUT2D eigenvalue weighted by molar-refractivity contribution is -0.133. The lowest BCUT2D eigenvalue weighted by Crippen LogP contribution is -2.42. The Bertz CT molecular complexity index is 283. The first-order valence-corrected chi connectivity index (χ1v) is 8.46. The predicted molar refractivity (Wildman–Crippen MR) is 85.5 cm³/mol.